The first-order valence-corrected chi connectivity index (χ1v) is 24.2. The van der Waals surface area contributed by atoms with Crippen LogP contribution in [0.5, 0.6) is 0 Å². The van der Waals surface area contributed by atoms with Gasteiger partial charge in [0.2, 0.25) is 11.9 Å². The molecule has 0 aliphatic rings. The van der Waals surface area contributed by atoms with E-state index < -0.39 is 31.3 Å². The van der Waals surface area contributed by atoms with Crippen LogP contribution in [0.15, 0.2) is 109 Å². The topological polar surface area (TPSA) is 252 Å². The first kappa shape index (κ1) is 52.2. The highest BCUT2D eigenvalue weighted by molar-refractivity contribution is 7.33. The number of rotatable bonds is 22. The molecule has 0 aliphatic heterocycles. The highest BCUT2D eigenvalue weighted by Crippen LogP contribution is 2.42. The van der Waals surface area contributed by atoms with Crippen LogP contribution in [0.25, 0.3) is 0 Å². The number of nitrogens with zero attached hydrogens (tertiary/aromatic N) is 4. The van der Waals surface area contributed by atoms with E-state index in [1.165, 1.54) is 26.5 Å². The van der Waals surface area contributed by atoms with Gasteiger partial charge in [0.15, 0.2) is 22.8 Å². The summed E-state index contributed by atoms with van der Waals surface area (Å²) < 4.78 is 25.9. The molecule has 0 radical (unpaired) electrons. The second-order valence-electron chi connectivity index (χ2n) is 15.5. The molecule has 6 rings (SSSR count). The predicted octanol–water partition coefficient (Wildman–Crippen LogP) is 10.4. The third kappa shape index (κ3) is 12.7. The number of benzene rings is 4. The molecule has 4 amide bonds. The zero-order valence-corrected chi connectivity index (χ0v) is 41.6. The van der Waals surface area contributed by atoms with Crippen molar-refractivity contribution in [2.45, 2.75) is 64.6 Å². The van der Waals surface area contributed by atoms with Crippen LogP contribution < -0.4 is 42.5 Å². The van der Waals surface area contributed by atoms with E-state index in [2.05, 4.69) is 62.5 Å². The van der Waals surface area contributed by atoms with Crippen LogP contribution >= 0.6 is 31.5 Å². The molecule has 6 aromatic rings. The van der Waals surface area contributed by atoms with Crippen molar-refractivity contribution >= 4 is 113 Å². The summed E-state index contributed by atoms with van der Waals surface area (Å²) in [6.45, 7) is 6.91. The fraction of sp³-hybridized carbons (Fsp3) is 0.250. The SMILES string of the molecule is CCC(CC)(O[PH](=O)OC(CC)(CC)C(=O)Nc1cccc(Nc2ncc(Cl)c(Nc3ccccc3C(=O)NC)n2)c1)C(=O)Nc1cccc(Nc2ncc(Cl)c(Nc3ccccc3C(=O)NC)n2)c1. The molecule has 0 saturated heterocycles. The Morgan fingerprint density at radius 2 is 0.914 bits per heavy atom. The number of nitrogens with one attached hydrogen (secondary N) is 8. The Morgan fingerprint density at radius 3 is 1.29 bits per heavy atom. The van der Waals surface area contributed by atoms with Gasteiger partial charge in [-0.05, 0) is 86.3 Å². The summed E-state index contributed by atoms with van der Waals surface area (Å²) in [5, 5.41) is 23.8. The average molecular weight is 1010 g/mol. The minimum Gasteiger partial charge on any atom is -0.355 e. The van der Waals surface area contributed by atoms with Crippen molar-refractivity contribution in [2.75, 3.05) is 46.0 Å². The molecule has 19 nitrogen and oxygen atoms in total. The molecular weight excluding hydrogens is 958 g/mol. The van der Waals surface area contributed by atoms with E-state index >= 15 is 0 Å². The average Bonchev–Trinajstić information content (AvgIpc) is 3.37. The van der Waals surface area contributed by atoms with E-state index in [4.69, 9.17) is 32.2 Å². The van der Waals surface area contributed by atoms with Gasteiger partial charge in [-0.3, -0.25) is 32.8 Å². The van der Waals surface area contributed by atoms with Crippen LogP contribution in [0.1, 0.15) is 74.1 Å². The van der Waals surface area contributed by atoms with Crippen molar-refractivity contribution in [1.82, 2.24) is 30.6 Å². The number of para-hydroxylation sites is 2. The molecule has 0 bridgehead atoms. The molecule has 8 N–H and O–H groups in total. The number of carbonyl (C=O) groups excluding carboxylic acids is 4. The standard InChI is InChI=1S/C48H53Cl2N12O7P/c1-7-47(8-2,43(65)55-29-17-15-19-31(25-29)57-45-53-27-35(49)39(61-45)59-37-23-13-11-21-33(37)41(63)51-5)68-70(67)69-48(9-3,10-4)44(66)56-30-18-16-20-32(26-30)58-46-54-28-36(50)40(62-46)60-38-24-14-12-22-34(38)42(64)52-6/h11-28,70H,7-10H2,1-6H3,(H,51,63)(H,52,64)(H,55,65)(H,56,66)(H2,53,57,59,61)(H2,54,58,60,62). The van der Waals surface area contributed by atoms with E-state index in [1.54, 1.807) is 125 Å². The molecular formula is C48H53Cl2N12O7P. The van der Waals surface area contributed by atoms with Gasteiger partial charge in [-0.15, -0.1) is 0 Å². The van der Waals surface area contributed by atoms with Crippen molar-refractivity contribution in [3.8, 4) is 0 Å². The summed E-state index contributed by atoms with van der Waals surface area (Å²) in [6.07, 6.45) is 3.31. The van der Waals surface area contributed by atoms with Crippen molar-refractivity contribution < 1.29 is 32.8 Å². The van der Waals surface area contributed by atoms with Crippen molar-refractivity contribution in [1.29, 1.82) is 0 Å². The largest absolute Gasteiger partial charge is 0.355 e. The van der Waals surface area contributed by atoms with Gasteiger partial charge in [-0.25, -0.2) is 9.97 Å². The number of aromatic nitrogens is 4. The van der Waals surface area contributed by atoms with Crippen molar-refractivity contribution in [3.05, 3.63) is 131 Å². The van der Waals surface area contributed by atoms with E-state index in [0.717, 1.165) is 0 Å². The number of hydrogen-bond acceptors (Lipinski definition) is 15. The monoisotopic (exact) mass is 1010 g/mol. The van der Waals surface area contributed by atoms with Crippen LogP contribution in [0, 0.1) is 0 Å². The first-order chi connectivity index (χ1) is 33.7. The highest BCUT2D eigenvalue weighted by atomic mass is 35.5. The number of anilines is 10. The van der Waals surface area contributed by atoms with Gasteiger partial charge in [0.1, 0.15) is 10.0 Å². The molecule has 0 spiro atoms. The maximum atomic E-state index is 14.0. The molecule has 0 saturated carbocycles. The Morgan fingerprint density at radius 1 is 0.543 bits per heavy atom. The summed E-state index contributed by atoms with van der Waals surface area (Å²) in [5.74, 6) is -0.893. The summed E-state index contributed by atoms with van der Waals surface area (Å²) in [4.78, 5) is 70.5. The fourth-order valence-corrected chi connectivity index (χ4v) is 8.81. The molecule has 0 unspecified atom stereocenters. The number of hydrogen-bond donors (Lipinski definition) is 8. The smallest absolute Gasteiger partial charge is 0.321 e. The predicted molar refractivity (Wildman–Crippen MR) is 275 cm³/mol. The van der Waals surface area contributed by atoms with E-state index in [0.29, 0.717) is 45.3 Å². The number of halogens is 2. The van der Waals surface area contributed by atoms with Gasteiger partial charge < -0.3 is 42.5 Å². The maximum Gasteiger partial charge on any atom is 0.321 e. The Kier molecular flexibility index (Phi) is 17.8. The van der Waals surface area contributed by atoms with E-state index in [-0.39, 0.29) is 71.1 Å². The summed E-state index contributed by atoms with van der Waals surface area (Å²) >= 11 is 12.9. The lowest BCUT2D eigenvalue weighted by atomic mass is 9.96. The lowest BCUT2D eigenvalue weighted by molar-refractivity contribution is -0.136. The summed E-state index contributed by atoms with van der Waals surface area (Å²) in [5.41, 5.74) is 0.348. The molecule has 0 atom stereocenters. The van der Waals surface area contributed by atoms with Crippen LogP contribution in [-0.2, 0) is 23.2 Å². The lowest BCUT2D eigenvalue weighted by Gasteiger charge is -2.34. The minimum atomic E-state index is -3.50. The zero-order valence-electron chi connectivity index (χ0n) is 39.1. The lowest BCUT2D eigenvalue weighted by Crippen LogP contribution is -2.45. The van der Waals surface area contributed by atoms with E-state index in [9.17, 15) is 23.7 Å². The van der Waals surface area contributed by atoms with Crippen molar-refractivity contribution in [3.63, 3.8) is 0 Å². The Hall–Kier alpha value is -7.15. The van der Waals surface area contributed by atoms with Gasteiger partial charge >= 0.3 is 8.25 Å². The molecule has 2 aromatic heterocycles. The molecule has 366 valence electrons. The molecule has 22 heteroatoms. The first-order valence-electron chi connectivity index (χ1n) is 22.2. The molecule has 0 aliphatic carbocycles. The highest BCUT2D eigenvalue weighted by Gasteiger charge is 2.43. The third-order valence-corrected chi connectivity index (χ3v) is 12.9. The van der Waals surface area contributed by atoms with Gasteiger partial charge in [-0.2, -0.15) is 9.97 Å². The van der Waals surface area contributed by atoms with Gasteiger partial charge in [-0.1, -0.05) is 87.3 Å². The van der Waals surface area contributed by atoms with Gasteiger partial charge in [0.05, 0.1) is 34.9 Å². The van der Waals surface area contributed by atoms with Crippen molar-refractivity contribution in [2.24, 2.45) is 0 Å². The maximum absolute atomic E-state index is 14.0. The number of carbonyl (C=O) groups is 4. The molecule has 70 heavy (non-hydrogen) atoms. The van der Waals surface area contributed by atoms with Crippen LogP contribution in [0.3, 0.4) is 0 Å². The quantitative estimate of drug-likeness (QED) is 0.0295. The third-order valence-electron chi connectivity index (χ3n) is 11.2. The Labute approximate surface area is 415 Å². The second kappa shape index (κ2) is 23.9. The fourth-order valence-electron chi connectivity index (χ4n) is 7.10. The van der Waals surface area contributed by atoms with Crippen LogP contribution in [-0.4, -0.2) is 68.9 Å². The van der Waals surface area contributed by atoms with Gasteiger partial charge in [0.25, 0.3) is 23.6 Å². The van der Waals surface area contributed by atoms with Crippen LogP contribution in [0.4, 0.5) is 57.7 Å². The zero-order chi connectivity index (χ0) is 50.4. The van der Waals surface area contributed by atoms with E-state index in [1.807, 2.05) is 0 Å². The molecule has 4 aromatic carbocycles. The Bertz CT molecular complexity index is 2700. The normalized spacial score (nSPS) is 11.3. The van der Waals surface area contributed by atoms with Crippen LogP contribution in [0.2, 0.25) is 10.0 Å². The summed E-state index contributed by atoms with van der Waals surface area (Å²) in [6, 6.07) is 27.3. The molecule has 2 heterocycles. The number of amides is 4. The summed E-state index contributed by atoms with van der Waals surface area (Å²) in [7, 11) is -0.432. The van der Waals surface area contributed by atoms with Gasteiger partial charge in [0, 0.05) is 36.8 Å². The Balaban J connectivity index is 1.10. The molecule has 0 fully saturated rings. The minimum absolute atomic E-state index is 0.125. The second-order valence-corrected chi connectivity index (χ2v) is 17.2.